The number of carboxylic acids is 1. The molecule has 4 atom stereocenters. The summed E-state index contributed by atoms with van der Waals surface area (Å²) in [5.74, 6) is -3.53. The molecule has 1 amide bonds. The first kappa shape index (κ1) is 15.6. The standard InChI is InChI=1S/C16H14F3NO3/c17-16(18,19)10-2-1-3-11(7-10)20-14(21)12-8-4-5-9(6-8)13(12)15(22)23/h1-5,7-9,12-13H,6H2,(H,20,21)(H,22,23)/t8-,9+,12-,13-/m0/s1. The Hall–Kier alpha value is -2.31. The molecule has 2 N–H and O–H groups in total. The van der Waals surface area contributed by atoms with Gasteiger partial charge in [-0.25, -0.2) is 0 Å². The van der Waals surface area contributed by atoms with Gasteiger partial charge in [-0.15, -0.1) is 0 Å². The van der Waals surface area contributed by atoms with Crippen LogP contribution in [0.2, 0.25) is 0 Å². The molecule has 1 aromatic rings. The van der Waals surface area contributed by atoms with E-state index in [1.54, 1.807) is 6.08 Å². The predicted molar refractivity (Wildman–Crippen MR) is 75.4 cm³/mol. The number of allylic oxidation sites excluding steroid dienone is 2. The molecular formula is C16H14F3NO3. The number of hydrogen-bond acceptors (Lipinski definition) is 2. The second kappa shape index (κ2) is 5.40. The summed E-state index contributed by atoms with van der Waals surface area (Å²) < 4.78 is 38.1. The van der Waals surface area contributed by atoms with Crippen LogP contribution in [-0.2, 0) is 15.8 Å². The summed E-state index contributed by atoms with van der Waals surface area (Å²) in [6.07, 6.45) is -0.283. The quantitative estimate of drug-likeness (QED) is 0.839. The number of benzene rings is 1. The van der Waals surface area contributed by atoms with E-state index >= 15 is 0 Å². The Morgan fingerprint density at radius 3 is 2.39 bits per heavy atom. The molecule has 0 aromatic heterocycles. The Kier molecular flexibility index (Phi) is 3.66. The summed E-state index contributed by atoms with van der Waals surface area (Å²) >= 11 is 0. The fraction of sp³-hybridized carbons (Fsp3) is 0.375. The van der Waals surface area contributed by atoms with Crippen molar-refractivity contribution in [3.8, 4) is 0 Å². The van der Waals surface area contributed by atoms with Crippen LogP contribution in [-0.4, -0.2) is 17.0 Å². The normalized spacial score (nSPS) is 28.8. The number of alkyl halides is 3. The lowest BCUT2D eigenvalue weighted by Crippen LogP contribution is -2.36. The molecule has 0 spiro atoms. The molecule has 1 aromatic carbocycles. The van der Waals surface area contributed by atoms with Gasteiger partial charge in [-0.2, -0.15) is 13.2 Å². The molecule has 0 aliphatic heterocycles. The van der Waals surface area contributed by atoms with Crippen molar-refractivity contribution in [2.75, 3.05) is 5.32 Å². The topological polar surface area (TPSA) is 66.4 Å². The monoisotopic (exact) mass is 325 g/mol. The molecule has 0 radical (unpaired) electrons. The molecule has 0 heterocycles. The third-order valence-electron chi connectivity index (χ3n) is 4.50. The average molecular weight is 325 g/mol. The van der Waals surface area contributed by atoms with Crippen molar-refractivity contribution in [1.29, 1.82) is 0 Å². The van der Waals surface area contributed by atoms with E-state index in [1.165, 1.54) is 12.1 Å². The molecule has 2 aliphatic rings. The maximum absolute atomic E-state index is 12.7. The van der Waals surface area contributed by atoms with E-state index < -0.39 is 35.5 Å². The van der Waals surface area contributed by atoms with Crippen LogP contribution >= 0.6 is 0 Å². The minimum absolute atomic E-state index is 0.0146. The highest BCUT2D eigenvalue weighted by molar-refractivity contribution is 5.96. The van der Waals surface area contributed by atoms with E-state index in [0.29, 0.717) is 6.42 Å². The van der Waals surface area contributed by atoms with Crippen LogP contribution in [0, 0.1) is 23.7 Å². The molecule has 7 heteroatoms. The highest BCUT2D eigenvalue weighted by Gasteiger charge is 2.51. The number of anilines is 1. The first-order valence-electron chi connectivity index (χ1n) is 7.16. The zero-order valence-electron chi connectivity index (χ0n) is 11.9. The van der Waals surface area contributed by atoms with Crippen molar-refractivity contribution in [3.63, 3.8) is 0 Å². The largest absolute Gasteiger partial charge is 0.481 e. The van der Waals surface area contributed by atoms with Gasteiger partial charge in [-0.1, -0.05) is 18.2 Å². The summed E-state index contributed by atoms with van der Waals surface area (Å²) in [4.78, 5) is 23.8. The van der Waals surface area contributed by atoms with Crippen LogP contribution in [0.25, 0.3) is 0 Å². The number of nitrogens with one attached hydrogen (secondary N) is 1. The molecule has 1 fully saturated rings. The lowest BCUT2D eigenvalue weighted by atomic mass is 9.82. The van der Waals surface area contributed by atoms with E-state index in [2.05, 4.69) is 5.32 Å². The molecule has 23 heavy (non-hydrogen) atoms. The zero-order chi connectivity index (χ0) is 16.8. The summed E-state index contributed by atoms with van der Waals surface area (Å²) in [6, 6.07) is 4.31. The molecule has 0 unspecified atom stereocenters. The Morgan fingerprint density at radius 1 is 1.13 bits per heavy atom. The van der Waals surface area contributed by atoms with Gasteiger partial charge in [-0.3, -0.25) is 9.59 Å². The van der Waals surface area contributed by atoms with Gasteiger partial charge in [0.05, 0.1) is 17.4 Å². The average Bonchev–Trinajstić information content (AvgIpc) is 3.07. The van der Waals surface area contributed by atoms with Crippen molar-refractivity contribution in [2.24, 2.45) is 23.7 Å². The van der Waals surface area contributed by atoms with Gasteiger partial charge in [0.1, 0.15) is 0 Å². The number of aliphatic carboxylic acids is 1. The first-order valence-corrected chi connectivity index (χ1v) is 7.16. The molecule has 2 bridgehead atoms. The fourth-order valence-electron chi connectivity index (χ4n) is 3.52. The zero-order valence-corrected chi connectivity index (χ0v) is 11.9. The van der Waals surface area contributed by atoms with Crippen molar-refractivity contribution in [3.05, 3.63) is 42.0 Å². The summed E-state index contributed by atoms with van der Waals surface area (Å²) in [7, 11) is 0. The molecule has 4 nitrogen and oxygen atoms in total. The molecule has 3 rings (SSSR count). The third kappa shape index (κ3) is 2.83. The summed E-state index contributed by atoms with van der Waals surface area (Å²) in [5, 5.41) is 11.7. The van der Waals surface area contributed by atoms with Crippen molar-refractivity contribution < 1.29 is 27.9 Å². The maximum Gasteiger partial charge on any atom is 0.416 e. The Labute approximate surface area is 130 Å². The Bertz CT molecular complexity index is 683. The Balaban J connectivity index is 1.80. The van der Waals surface area contributed by atoms with Crippen LogP contribution in [0.4, 0.5) is 18.9 Å². The maximum atomic E-state index is 12.7. The second-order valence-corrected chi connectivity index (χ2v) is 5.91. The molecule has 2 aliphatic carbocycles. The highest BCUT2D eigenvalue weighted by atomic mass is 19.4. The minimum atomic E-state index is -4.50. The number of fused-ring (bicyclic) bond motifs is 2. The van der Waals surface area contributed by atoms with E-state index in [9.17, 15) is 27.9 Å². The van der Waals surface area contributed by atoms with Gasteiger partial charge in [0.15, 0.2) is 0 Å². The van der Waals surface area contributed by atoms with Gasteiger partial charge < -0.3 is 10.4 Å². The number of halogens is 3. The van der Waals surface area contributed by atoms with Crippen LogP contribution in [0.1, 0.15) is 12.0 Å². The van der Waals surface area contributed by atoms with Crippen molar-refractivity contribution >= 4 is 17.6 Å². The molecule has 1 saturated carbocycles. The van der Waals surface area contributed by atoms with Crippen LogP contribution in [0.15, 0.2) is 36.4 Å². The lowest BCUT2D eigenvalue weighted by Gasteiger charge is -2.24. The number of hydrogen-bond donors (Lipinski definition) is 2. The predicted octanol–water partition coefficient (Wildman–Crippen LogP) is 3.17. The van der Waals surface area contributed by atoms with Crippen LogP contribution < -0.4 is 5.32 Å². The summed E-state index contributed by atoms with van der Waals surface area (Å²) in [5.41, 5.74) is -0.848. The first-order chi connectivity index (χ1) is 10.8. The van der Waals surface area contributed by atoms with E-state index in [4.69, 9.17) is 0 Å². The van der Waals surface area contributed by atoms with Crippen molar-refractivity contribution in [2.45, 2.75) is 12.6 Å². The number of amides is 1. The van der Waals surface area contributed by atoms with E-state index in [1.807, 2.05) is 6.08 Å². The SMILES string of the molecule is O=C(O)[C@@H]1[C@@H](C(=O)Nc2cccc(C(F)(F)F)c2)[C@H]2C=C[C@@H]1C2. The highest BCUT2D eigenvalue weighted by Crippen LogP contribution is 2.48. The number of carboxylic acid groups (broad SMARTS) is 1. The van der Waals surface area contributed by atoms with E-state index in [0.717, 1.165) is 12.1 Å². The molecule has 122 valence electrons. The van der Waals surface area contributed by atoms with Gasteiger partial charge in [0.25, 0.3) is 0 Å². The Morgan fingerprint density at radius 2 is 1.78 bits per heavy atom. The van der Waals surface area contributed by atoms with Crippen LogP contribution in [0.3, 0.4) is 0 Å². The summed E-state index contributed by atoms with van der Waals surface area (Å²) in [6.45, 7) is 0. The second-order valence-electron chi connectivity index (χ2n) is 5.91. The van der Waals surface area contributed by atoms with E-state index in [-0.39, 0.29) is 17.5 Å². The van der Waals surface area contributed by atoms with Crippen molar-refractivity contribution in [1.82, 2.24) is 0 Å². The number of carbonyl (C=O) groups excluding carboxylic acids is 1. The molecular weight excluding hydrogens is 311 g/mol. The molecule has 0 saturated heterocycles. The smallest absolute Gasteiger partial charge is 0.416 e. The van der Waals surface area contributed by atoms with Gasteiger partial charge in [0, 0.05) is 5.69 Å². The van der Waals surface area contributed by atoms with Gasteiger partial charge >= 0.3 is 12.1 Å². The van der Waals surface area contributed by atoms with Gasteiger partial charge in [-0.05, 0) is 36.5 Å². The minimum Gasteiger partial charge on any atom is -0.481 e. The fourth-order valence-corrected chi connectivity index (χ4v) is 3.52. The van der Waals surface area contributed by atoms with Crippen LogP contribution in [0.5, 0.6) is 0 Å². The lowest BCUT2D eigenvalue weighted by molar-refractivity contribution is -0.146. The number of carbonyl (C=O) groups is 2. The van der Waals surface area contributed by atoms with Gasteiger partial charge in [0.2, 0.25) is 5.91 Å². The third-order valence-corrected chi connectivity index (χ3v) is 4.50. The number of rotatable bonds is 3.